The molecular weight excluding hydrogens is 260 g/mol. The third kappa shape index (κ3) is 3.44. The maximum Gasteiger partial charge on any atom is 0.257 e. The molecule has 0 atom stereocenters. The molecule has 0 saturated carbocycles. The van der Waals surface area contributed by atoms with Crippen molar-refractivity contribution in [3.05, 3.63) is 39.8 Å². The molecule has 0 unspecified atom stereocenters. The lowest BCUT2D eigenvalue weighted by molar-refractivity contribution is 0.0786. The number of hydrogen-bond donors (Lipinski definition) is 2. The maximum absolute atomic E-state index is 12.0. The fraction of sp³-hybridized carbons (Fsp3) is 0.231. The summed E-state index contributed by atoms with van der Waals surface area (Å²) < 4.78 is 0. The second-order valence-electron chi connectivity index (χ2n) is 3.96. The number of nitrogens with zero attached hydrogens (tertiary/aromatic N) is 2. The molecule has 0 aliphatic heterocycles. The number of carbonyl (C=O) groups is 1. The topological polar surface area (TPSA) is 75.0 Å². The van der Waals surface area contributed by atoms with Crippen LogP contribution in [0.3, 0.4) is 0 Å². The van der Waals surface area contributed by atoms with Gasteiger partial charge in [0, 0.05) is 29.1 Å². The van der Waals surface area contributed by atoms with Crippen LogP contribution in [0, 0.1) is 11.8 Å². The quantitative estimate of drug-likeness (QED) is 0.822. The zero-order valence-corrected chi connectivity index (χ0v) is 11.3. The Morgan fingerprint density at radius 2 is 2.47 bits per heavy atom. The summed E-state index contributed by atoms with van der Waals surface area (Å²) in [7, 11) is 1.76. The first kappa shape index (κ1) is 13.3. The second-order valence-corrected chi connectivity index (χ2v) is 4.95. The van der Waals surface area contributed by atoms with Gasteiger partial charge in [-0.05, 0) is 6.07 Å². The van der Waals surface area contributed by atoms with E-state index in [-0.39, 0.29) is 5.91 Å². The molecule has 0 aliphatic rings. The van der Waals surface area contributed by atoms with Gasteiger partial charge < -0.3 is 10.6 Å². The minimum Gasteiger partial charge on any atom is -0.336 e. The Kier molecular flexibility index (Phi) is 4.34. The number of thiophene rings is 1. The molecule has 0 radical (unpaired) electrons. The van der Waals surface area contributed by atoms with Gasteiger partial charge in [-0.2, -0.15) is 5.10 Å². The Bertz CT molecular complexity index is 606. The Balaban J connectivity index is 2.01. The maximum atomic E-state index is 12.0. The zero-order chi connectivity index (χ0) is 13.7. The highest BCUT2D eigenvalue weighted by Crippen LogP contribution is 2.16. The van der Waals surface area contributed by atoms with Gasteiger partial charge in [0.2, 0.25) is 0 Å². The highest BCUT2D eigenvalue weighted by atomic mass is 32.1. The van der Waals surface area contributed by atoms with E-state index in [1.807, 2.05) is 11.4 Å². The van der Waals surface area contributed by atoms with Crippen LogP contribution in [0.5, 0.6) is 0 Å². The number of amides is 1. The lowest BCUT2D eigenvalue weighted by Crippen LogP contribution is -2.25. The number of carbonyl (C=O) groups excluding carboxylic acids is 1. The standard InChI is InChI=1S/C13H14N4OS/c1-17(13(18)11-6-15-16-7-11)8-12-5-10(9-19-12)3-2-4-14/h5-7,9H,4,8,14H2,1H3,(H,15,16). The number of aromatic amines is 1. The van der Waals surface area contributed by atoms with Gasteiger partial charge in [-0.25, -0.2) is 0 Å². The molecule has 98 valence electrons. The van der Waals surface area contributed by atoms with Crippen molar-refractivity contribution >= 4 is 17.2 Å². The van der Waals surface area contributed by atoms with Crippen LogP contribution in [0.2, 0.25) is 0 Å². The van der Waals surface area contributed by atoms with Crippen molar-refractivity contribution in [2.45, 2.75) is 6.54 Å². The summed E-state index contributed by atoms with van der Waals surface area (Å²) in [5.74, 6) is 5.72. The molecule has 0 fully saturated rings. The van der Waals surface area contributed by atoms with Crippen molar-refractivity contribution in [1.29, 1.82) is 0 Å². The summed E-state index contributed by atoms with van der Waals surface area (Å²) in [4.78, 5) is 14.7. The third-order valence-corrected chi connectivity index (χ3v) is 3.39. The summed E-state index contributed by atoms with van der Waals surface area (Å²) in [5.41, 5.74) is 6.82. The van der Waals surface area contributed by atoms with E-state index in [9.17, 15) is 4.79 Å². The van der Waals surface area contributed by atoms with E-state index in [4.69, 9.17) is 5.73 Å². The molecule has 0 aromatic carbocycles. The number of rotatable bonds is 3. The van der Waals surface area contributed by atoms with Gasteiger partial charge in [-0.3, -0.25) is 9.89 Å². The number of nitrogens with one attached hydrogen (secondary N) is 1. The predicted octanol–water partition coefficient (Wildman–Crippen LogP) is 1.05. The van der Waals surface area contributed by atoms with E-state index >= 15 is 0 Å². The van der Waals surface area contributed by atoms with E-state index in [1.54, 1.807) is 29.5 Å². The summed E-state index contributed by atoms with van der Waals surface area (Å²) >= 11 is 1.58. The van der Waals surface area contributed by atoms with Crippen LogP contribution in [-0.4, -0.2) is 34.6 Å². The first-order chi connectivity index (χ1) is 9.20. The van der Waals surface area contributed by atoms with E-state index in [2.05, 4.69) is 22.0 Å². The molecule has 3 N–H and O–H groups in total. The first-order valence-corrected chi connectivity index (χ1v) is 6.59. The minimum absolute atomic E-state index is 0.0586. The molecule has 1 amide bonds. The smallest absolute Gasteiger partial charge is 0.257 e. The summed E-state index contributed by atoms with van der Waals surface area (Å²) in [6.45, 7) is 0.906. The van der Waals surface area contributed by atoms with Crippen LogP contribution >= 0.6 is 11.3 Å². The molecule has 5 nitrogen and oxygen atoms in total. The van der Waals surface area contributed by atoms with Gasteiger partial charge in [0.1, 0.15) is 0 Å². The summed E-state index contributed by atoms with van der Waals surface area (Å²) in [6.07, 6.45) is 3.11. The Morgan fingerprint density at radius 3 is 3.16 bits per heavy atom. The lowest BCUT2D eigenvalue weighted by Gasteiger charge is -2.14. The van der Waals surface area contributed by atoms with E-state index in [1.165, 1.54) is 6.20 Å². The largest absolute Gasteiger partial charge is 0.336 e. The van der Waals surface area contributed by atoms with Crippen molar-refractivity contribution in [2.75, 3.05) is 13.6 Å². The monoisotopic (exact) mass is 274 g/mol. The molecule has 0 bridgehead atoms. The molecular formula is C13H14N4OS. The van der Waals surface area contributed by atoms with Crippen molar-refractivity contribution in [2.24, 2.45) is 5.73 Å². The highest BCUT2D eigenvalue weighted by molar-refractivity contribution is 7.10. The second kappa shape index (κ2) is 6.18. The molecule has 0 aliphatic carbocycles. The van der Waals surface area contributed by atoms with Crippen LogP contribution < -0.4 is 5.73 Å². The van der Waals surface area contributed by atoms with Crippen molar-refractivity contribution in [3.63, 3.8) is 0 Å². The predicted molar refractivity (Wildman–Crippen MR) is 74.6 cm³/mol. The third-order valence-electron chi connectivity index (χ3n) is 2.47. The van der Waals surface area contributed by atoms with Crippen LogP contribution in [0.25, 0.3) is 0 Å². The SMILES string of the molecule is CN(Cc1cc(C#CCN)cs1)C(=O)c1cn[nH]c1. The Hall–Kier alpha value is -2.10. The first-order valence-electron chi connectivity index (χ1n) is 5.71. The van der Waals surface area contributed by atoms with E-state index < -0.39 is 0 Å². The Morgan fingerprint density at radius 1 is 1.63 bits per heavy atom. The average Bonchev–Trinajstić information content (AvgIpc) is 3.06. The normalized spacial score (nSPS) is 9.79. The van der Waals surface area contributed by atoms with Gasteiger partial charge in [-0.1, -0.05) is 11.8 Å². The van der Waals surface area contributed by atoms with Gasteiger partial charge >= 0.3 is 0 Å². The van der Waals surface area contributed by atoms with Gasteiger partial charge in [0.25, 0.3) is 5.91 Å². The molecule has 0 saturated heterocycles. The average molecular weight is 274 g/mol. The molecule has 0 spiro atoms. The van der Waals surface area contributed by atoms with Crippen molar-refractivity contribution in [3.8, 4) is 11.8 Å². The van der Waals surface area contributed by atoms with Crippen LogP contribution in [0.4, 0.5) is 0 Å². The van der Waals surface area contributed by atoms with E-state index in [0.717, 1.165) is 10.4 Å². The lowest BCUT2D eigenvalue weighted by atomic mass is 10.3. The van der Waals surface area contributed by atoms with Crippen LogP contribution in [-0.2, 0) is 6.54 Å². The van der Waals surface area contributed by atoms with Crippen LogP contribution in [0.15, 0.2) is 23.8 Å². The minimum atomic E-state index is -0.0586. The summed E-state index contributed by atoms with van der Waals surface area (Å²) in [5, 5.41) is 8.37. The van der Waals surface area contributed by atoms with Crippen molar-refractivity contribution in [1.82, 2.24) is 15.1 Å². The van der Waals surface area contributed by atoms with Gasteiger partial charge in [0.15, 0.2) is 0 Å². The molecule has 2 rings (SSSR count). The van der Waals surface area contributed by atoms with E-state index in [0.29, 0.717) is 18.7 Å². The molecule has 19 heavy (non-hydrogen) atoms. The summed E-state index contributed by atoms with van der Waals surface area (Å²) in [6, 6.07) is 1.98. The number of nitrogens with two attached hydrogens (primary N) is 1. The molecule has 2 aromatic heterocycles. The fourth-order valence-electron chi connectivity index (χ4n) is 1.58. The van der Waals surface area contributed by atoms with Gasteiger partial charge in [0.05, 0.1) is 24.8 Å². The van der Waals surface area contributed by atoms with Gasteiger partial charge in [-0.15, -0.1) is 11.3 Å². The fourth-order valence-corrected chi connectivity index (χ4v) is 2.44. The van der Waals surface area contributed by atoms with Crippen molar-refractivity contribution < 1.29 is 4.79 Å². The zero-order valence-electron chi connectivity index (χ0n) is 10.5. The number of hydrogen-bond acceptors (Lipinski definition) is 4. The number of H-pyrrole nitrogens is 1. The highest BCUT2D eigenvalue weighted by Gasteiger charge is 2.13. The molecule has 6 heteroatoms. The number of aromatic nitrogens is 2. The molecule has 2 aromatic rings. The Labute approximate surface area is 115 Å². The van der Waals surface area contributed by atoms with Crippen LogP contribution in [0.1, 0.15) is 20.8 Å². The molecule has 2 heterocycles.